The Balaban J connectivity index is 2.00. The van der Waals surface area contributed by atoms with E-state index >= 15 is 0 Å². The van der Waals surface area contributed by atoms with Gasteiger partial charge in [0.2, 0.25) is 0 Å². The van der Waals surface area contributed by atoms with Crippen molar-refractivity contribution in [2.45, 2.75) is 11.8 Å². The van der Waals surface area contributed by atoms with Crippen LogP contribution in [0, 0.1) is 6.92 Å². The Kier molecular flexibility index (Phi) is 3.73. The lowest BCUT2D eigenvalue weighted by atomic mass is 10.1. The van der Waals surface area contributed by atoms with Crippen molar-refractivity contribution in [1.82, 2.24) is 4.98 Å². The maximum atomic E-state index is 12.2. The van der Waals surface area contributed by atoms with E-state index in [4.69, 9.17) is 0 Å². The summed E-state index contributed by atoms with van der Waals surface area (Å²) in [4.78, 5) is 4.29. The van der Waals surface area contributed by atoms with Gasteiger partial charge in [0.1, 0.15) is 0 Å². The van der Waals surface area contributed by atoms with Crippen molar-refractivity contribution in [3.8, 4) is 0 Å². The molecule has 0 radical (unpaired) electrons. The molecule has 0 aliphatic carbocycles. The molecule has 0 N–H and O–H groups in total. The van der Waals surface area contributed by atoms with Gasteiger partial charge in [-0.2, -0.15) is 12.8 Å². The zero-order valence-electron chi connectivity index (χ0n) is 12.0. The van der Waals surface area contributed by atoms with Gasteiger partial charge in [-0.05, 0) is 24.4 Å². The standard InChI is InChI=1S/C17H14N2O2S/c1-13-6-8-16(9-7-13)22(20,21)19-12-15-11-18-10-14-4-2-3-5-17(14)15/h2-12H,1H3/b19-12+. The average molecular weight is 310 g/mol. The van der Waals surface area contributed by atoms with Crippen LogP contribution in [0.15, 0.2) is 70.2 Å². The first-order chi connectivity index (χ1) is 10.6. The topological polar surface area (TPSA) is 59.4 Å². The molecule has 0 aliphatic rings. The van der Waals surface area contributed by atoms with Crippen LogP contribution in [0.3, 0.4) is 0 Å². The Morgan fingerprint density at radius 2 is 1.73 bits per heavy atom. The number of aryl methyl sites for hydroxylation is 1. The Morgan fingerprint density at radius 1 is 1.00 bits per heavy atom. The van der Waals surface area contributed by atoms with Gasteiger partial charge in [-0.15, -0.1) is 0 Å². The quantitative estimate of drug-likeness (QED) is 0.697. The first-order valence-corrected chi connectivity index (χ1v) is 8.20. The summed E-state index contributed by atoms with van der Waals surface area (Å²) < 4.78 is 28.3. The zero-order chi connectivity index (χ0) is 15.6. The Morgan fingerprint density at radius 3 is 2.50 bits per heavy atom. The first kappa shape index (κ1) is 14.4. The van der Waals surface area contributed by atoms with Crippen LogP contribution in [0.4, 0.5) is 0 Å². The molecule has 0 saturated heterocycles. The molecule has 5 heteroatoms. The highest BCUT2D eigenvalue weighted by Crippen LogP contribution is 2.17. The number of hydrogen-bond donors (Lipinski definition) is 0. The highest BCUT2D eigenvalue weighted by atomic mass is 32.2. The summed E-state index contributed by atoms with van der Waals surface area (Å²) in [5.41, 5.74) is 1.68. The molecule has 0 amide bonds. The molecule has 3 rings (SSSR count). The van der Waals surface area contributed by atoms with Crippen LogP contribution in [0.25, 0.3) is 10.8 Å². The summed E-state index contributed by atoms with van der Waals surface area (Å²) in [5, 5.41) is 1.86. The highest BCUT2D eigenvalue weighted by molar-refractivity contribution is 7.90. The minimum absolute atomic E-state index is 0.183. The van der Waals surface area contributed by atoms with Gasteiger partial charge in [-0.3, -0.25) is 4.98 Å². The third kappa shape index (κ3) is 2.89. The predicted molar refractivity (Wildman–Crippen MR) is 87.7 cm³/mol. The van der Waals surface area contributed by atoms with E-state index in [1.165, 1.54) is 6.21 Å². The molecule has 1 aromatic heterocycles. The minimum atomic E-state index is -3.70. The minimum Gasteiger partial charge on any atom is -0.263 e. The highest BCUT2D eigenvalue weighted by Gasteiger charge is 2.11. The molecular weight excluding hydrogens is 296 g/mol. The fourth-order valence-electron chi connectivity index (χ4n) is 2.14. The van der Waals surface area contributed by atoms with Crippen LogP contribution in [0.2, 0.25) is 0 Å². The number of aromatic nitrogens is 1. The second kappa shape index (κ2) is 5.69. The molecule has 4 nitrogen and oxygen atoms in total. The smallest absolute Gasteiger partial charge is 0.263 e. The van der Waals surface area contributed by atoms with E-state index in [0.29, 0.717) is 5.56 Å². The van der Waals surface area contributed by atoms with Gasteiger partial charge in [-0.25, -0.2) is 0 Å². The molecule has 110 valence electrons. The van der Waals surface area contributed by atoms with Gasteiger partial charge in [-0.1, -0.05) is 42.0 Å². The maximum Gasteiger partial charge on any atom is 0.282 e. The van der Waals surface area contributed by atoms with Crippen LogP contribution >= 0.6 is 0 Å². The van der Waals surface area contributed by atoms with Crippen molar-refractivity contribution in [3.63, 3.8) is 0 Å². The Labute approximate surface area is 129 Å². The molecule has 0 spiro atoms. The number of nitrogens with zero attached hydrogens (tertiary/aromatic N) is 2. The molecular formula is C17H14N2O2S. The SMILES string of the molecule is Cc1ccc(S(=O)(=O)/N=C/c2cncc3ccccc23)cc1. The molecule has 1 heterocycles. The number of benzene rings is 2. The number of pyridine rings is 1. The van der Waals surface area contributed by atoms with Gasteiger partial charge in [0.05, 0.1) is 4.90 Å². The van der Waals surface area contributed by atoms with Crippen molar-refractivity contribution >= 4 is 27.0 Å². The fraction of sp³-hybridized carbons (Fsp3) is 0.0588. The fourth-order valence-corrected chi connectivity index (χ4v) is 2.99. The first-order valence-electron chi connectivity index (χ1n) is 6.76. The van der Waals surface area contributed by atoms with E-state index in [2.05, 4.69) is 9.38 Å². The van der Waals surface area contributed by atoms with Crippen LogP contribution in [0.1, 0.15) is 11.1 Å². The molecule has 0 unspecified atom stereocenters. The van der Waals surface area contributed by atoms with Crippen LogP contribution < -0.4 is 0 Å². The molecule has 0 aliphatic heterocycles. The van der Waals surface area contributed by atoms with Gasteiger partial charge in [0, 0.05) is 29.6 Å². The van der Waals surface area contributed by atoms with Gasteiger partial charge >= 0.3 is 0 Å². The molecule has 0 atom stereocenters. The van der Waals surface area contributed by atoms with Crippen LogP contribution in [0.5, 0.6) is 0 Å². The molecule has 22 heavy (non-hydrogen) atoms. The maximum absolute atomic E-state index is 12.2. The lowest BCUT2D eigenvalue weighted by Crippen LogP contribution is -1.98. The largest absolute Gasteiger partial charge is 0.282 e. The van der Waals surface area contributed by atoms with E-state index in [0.717, 1.165) is 16.3 Å². The predicted octanol–water partition coefficient (Wildman–Crippen LogP) is 3.35. The molecule has 2 aromatic carbocycles. The average Bonchev–Trinajstić information content (AvgIpc) is 2.53. The van der Waals surface area contributed by atoms with E-state index in [1.807, 2.05) is 31.2 Å². The van der Waals surface area contributed by atoms with Crippen molar-refractivity contribution < 1.29 is 8.42 Å². The van der Waals surface area contributed by atoms with Gasteiger partial charge in [0.25, 0.3) is 10.0 Å². The van der Waals surface area contributed by atoms with Crippen LogP contribution in [-0.2, 0) is 10.0 Å². The molecule has 0 fully saturated rings. The van der Waals surface area contributed by atoms with E-state index < -0.39 is 10.0 Å². The Bertz CT molecular complexity index is 941. The summed E-state index contributed by atoms with van der Waals surface area (Å²) in [7, 11) is -3.70. The lowest BCUT2D eigenvalue weighted by Gasteiger charge is -2.01. The van der Waals surface area contributed by atoms with Crippen molar-refractivity contribution in [1.29, 1.82) is 0 Å². The van der Waals surface area contributed by atoms with Crippen molar-refractivity contribution in [2.24, 2.45) is 4.40 Å². The second-order valence-corrected chi connectivity index (χ2v) is 6.60. The summed E-state index contributed by atoms with van der Waals surface area (Å²) in [5.74, 6) is 0. The number of fused-ring (bicyclic) bond motifs is 1. The lowest BCUT2D eigenvalue weighted by molar-refractivity contribution is 0.598. The summed E-state index contributed by atoms with van der Waals surface area (Å²) in [6.45, 7) is 1.90. The van der Waals surface area contributed by atoms with E-state index in [-0.39, 0.29) is 4.90 Å². The second-order valence-electron chi connectivity index (χ2n) is 4.97. The molecule has 0 bridgehead atoms. The van der Waals surface area contributed by atoms with Gasteiger partial charge < -0.3 is 0 Å². The van der Waals surface area contributed by atoms with Crippen molar-refractivity contribution in [2.75, 3.05) is 0 Å². The summed E-state index contributed by atoms with van der Waals surface area (Å²) in [6.07, 6.45) is 4.70. The molecule has 0 saturated carbocycles. The third-order valence-electron chi connectivity index (χ3n) is 3.35. The van der Waals surface area contributed by atoms with E-state index in [1.54, 1.807) is 36.7 Å². The normalized spacial score (nSPS) is 12.0. The Hall–Kier alpha value is -2.53. The van der Waals surface area contributed by atoms with Gasteiger partial charge in [0.15, 0.2) is 0 Å². The number of sulfonamides is 1. The molecule has 3 aromatic rings. The van der Waals surface area contributed by atoms with E-state index in [9.17, 15) is 8.42 Å². The van der Waals surface area contributed by atoms with Crippen LogP contribution in [-0.4, -0.2) is 19.6 Å². The summed E-state index contributed by atoms with van der Waals surface area (Å²) >= 11 is 0. The van der Waals surface area contributed by atoms with Crippen molar-refractivity contribution in [3.05, 3.63) is 72.1 Å². The number of hydrogen-bond acceptors (Lipinski definition) is 3. The monoisotopic (exact) mass is 310 g/mol. The third-order valence-corrected chi connectivity index (χ3v) is 4.60. The summed E-state index contributed by atoms with van der Waals surface area (Å²) in [6, 6.07) is 14.3. The zero-order valence-corrected chi connectivity index (χ0v) is 12.8. The number of rotatable bonds is 3.